The van der Waals surface area contributed by atoms with E-state index in [1.807, 2.05) is 0 Å². The molecule has 0 aromatic heterocycles. The van der Waals surface area contributed by atoms with Crippen molar-refractivity contribution in [3.05, 3.63) is 59.2 Å². The van der Waals surface area contributed by atoms with Gasteiger partial charge in [0.25, 0.3) is 10.0 Å². The molecule has 2 aromatic rings. The fraction of sp³-hybridized carbons (Fsp3) is 0.0588. The lowest BCUT2D eigenvalue weighted by molar-refractivity contribution is 0.106. The van der Waals surface area contributed by atoms with E-state index in [1.54, 1.807) is 36.4 Å². The van der Waals surface area contributed by atoms with Crippen molar-refractivity contribution < 1.29 is 13.2 Å². The molecule has 4 rings (SSSR count). The summed E-state index contributed by atoms with van der Waals surface area (Å²) >= 11 is 0. The number of rotatable bonds is 1. The number of benzene rings is 2. The highest BCUT2D eigenvalue weighted by Crippen LogP contribution is 2.42. The normalized spacial score (nSPS) is 18.6. The van der Waals surface area contributed by atoms with Crippen molar-refractivity contribution in [3.8, 4) is 0 Å². The molecule has 0 saturated heterocycles. The van der Waals surface area contributed by atoms with Gasteiger partial charge in [0.05, 0.1) is 10.6 Å². The Balaban J connectivity index is 0.00000182. The van der Waals surface area contributed by atoms with E-state index in [-0.39, 0.29) is 28.8 Å². The first kappa shape index (κ1) is 17.2. The summed E-state index contributed by atoms with van der Waals surface area (Å²) in [4.78, 5) is 17.1. The molecule has 1 aliphatic carbocycles. The van der Waals surface area contributed by atoms with Gasteiger partial charge < -0.3 is 5.73 Å². The second-order valence-corrected chi connectivity index (χ2v) is 7.21. The highest BCUT2D eigenvalue weighted by molar-refractivity contribution is 7.90. The molecule has 3 N–H and O–H groups in total. The van der Waals surface area contributed by atoms with Gasteiger partial charge in [-0.3, -0.25) is 14.5 Å². The monoisotopic (exact) mass is 375 g/mol. The molecule has 2 aliphatic rings. The maximum atomic E-state index is 12.8. The Morgan fingerprint density at radius 3 is 2.40 bits per heavy atom. The first-order valence-corrected chi connectivity index (χ1v) is 8.70. The Kier molecular flexibility index (Phi) is 3.93. The molecule has 128 valence electrons. The minimum atomic E-state index is -3.69. The first-order chi connectivity index (χ1) is 11.4. The molecular weight excluding hydrogens is 362 g/mol. The number of carbonyl (C=O) groups excluding carboxylic acids is 1. The van der Waals surface area contributed by atoms with Gasteiger partial charge in [-0.25, -0.2) is 8.42 Å². The van der Waals surface area contributed by atoms with Gasteiger partial charge in [0.15, 0.2) is 0 Å². The van der Waals surface area contributed by atoms with E-state index in [0.29, 0.717) is 33.6 Å². The summed E-state index contributed by atoms with van der Waals surface area (Å²) in [5, 5.41) is 0. The van der Waals surface area contributed by atoms with Gasteiger partial charge in [0.1, 0.15) is 5.71 Å². The average molecular weight is 376 g/mol. The highest BCUT2D eigenvalue weighted by Gasteiger charge is 2.41. The molecule has 0 bridgehead atoms. The smallest absolute Gasteiger partial charge is 0.262 e. The van der Waals surface area contributed by atoms with Crippen molar-refractivity contribution in [1.29, 1.82) is 0 Å². The van der Waals surface area contributed by atoms with Crippen LogP contribution in [0.3, 0.4) is 0 Å². The number of nitrogens with two attached hydrogens (primary N) is 1. The van der Waals surface area contributed by atoms with Gasteiger partial charge in [0, 0.05) is 29.4 Å². The Bertz CT molecular complexity index is 1070. The summed E-state index contributed by atoms with van der Waals surface area (Å²) in [7, 11) is -2.18. The summed E-state index contributed by atoms with van der Waals surface area (Å²) in [6.07, 6.45) is 0. The Labute approximate surface area is 150 Å². The molecule has 0 saturated carbocycles. The second-order valence-electron chi connectivity index (χ2n) is 5.56. The van der Waals surface area contributed by atoms with E-state index in [4.69, 9.17) is 5.73 Å². The molecule has 25 heavy (non-hydrogen) atoms. The van der Waals surface area contributed by atoms with Gasteiger partial charge in [-0.2, -0.15) is 0 Å². The van der Waals surface area contributed by atoms with Crippen molar-refractivity contribution in [1.82, 2.24) is 4.72 Å². The third-order valence-corrected chi connectivity index (χ3v) is 5.56. The SMILES string of the molecule is CN=C1C(=O)c2cccc3c2C(=C1c1ccc(N)cc1)NS3(=O)=O.Cl. The molecule has 0 spiro atoms. The van der Waals surface area contributed by atoms with E-state index in [0.717, 1.165) is 0 Å². The van der Waals surface area contributed by atoms with Crippen molar-refractivity contribution in [2.24, 2.45) is 4.99 Å². The average Bonchev–Trinajstić information content (AvgIpc) is 2.84. The third kappa shape index (κ3) is 2.35. The van der Waals surface area contributed by atoms with Crippen LogP contribution in [0.25, 0.3) is 11.3 Å². The summed E-state index contributed by atoms with van der Waals surface area (Å²) in [6.45, 7) is 0. The van der Waals surface area contributed by atoms with Crippen LogP contribution in [0.1, 0.15) is 21.5 Å². The van der Waals surface area contributed by atoms with Crippen molar-refractivity contribution in [3.63, 3.8) is 0 Å². The lowest BCUT2D eigenvalue weighted by Crippen LogP contribution is -2.25. The topological polar surface area (TPSA) is 102 Å². The molecule has 1 aliphatic heterocycles. The molecule has 6 nitrogen and oxygen atoms in total. The summed E-state index contributed by atoms with van der Waals surface area (Å²) in [5.41, 5.74) is 8.84. The molecule has 0 fully saturated rings. The van der Waals surface area contributed by atoms with Gasteiger partial charge >= 0.3 is 0 Å². The number of carbonyl (C=O) groups is 1. The number of ketones is 1. The van der Waals surface area contributed by atoms with E-state index in [9.17, 15) is 13.2 Å². The quantitative estimate of drug-likeness (QED) is 0.745. The molecule has 8 heteroatoms. The number of allylic oxidation sites excluding steroid dienone is 1. The molecule has 0 amide bonds. The largest absolute Gasteiger partial charge is 0.399 e. The van der Waals surface area contributed by atoms with Crippen LogP contribution in [-0.4, -0.2) is 27.0 Å². The number of nitrogens with zero attached hydrogens (tertiary/aromatic N) is 1. The molecule has 0 unspecified atom stereocenters. The van der Waals surface area contributed by atoms with Gasteiger partial charge in [-0.05, 0) is 23.8 Å². The van der Waals surface area contributed by atoms with E-state index < -0.39 is 10.0 Å². The van der Waals surface area contributed by atoms with Gasteiger partial charge in [0.2, 0.25) is 5.78 Å². The number of anilines is 1. The zero-order valence-electron chi connectivity index (χ0n) is 13.1. The maximum absolute atomic E-state index is 12.8. The maximum Gasteiger partial charge on any atom is 0.262 e. The summed E-state index contributed by atoms with van der Waals surface area (Å²) in [6, 6.07) is 11.6. The Hall–Kier alpha value is -2.64. The van der Waals surface area contributed by atoms with Crippen LogP contribution in [0.5, 0.6) is 0 Å². The predicted molar refractivity (Wildman–Crippen MR) is 99.4 cm³/mol. The number of aliphatic imine (C=N–C) groups is 1. The van der Waals surface area contributed by atoms with Crippen LogP contribution >= 0.6 is 12.4 Å². The van der Waals surface area contributed by atoms with Crippen LogP contribution in [0, 0.1) is 0 Å². The Morgan fingerprint density at radius 2 is 1.76 bits per heavy atom. The fourth-order valence-corrected chi connectivity index (χ4v) is 4.44. The van der Waals surface area contributed by atoms with Crippen molar-refractivity contribution >= 4 is 50.9 Å². The molecular formula is C17H14ClN3O3S. The fourth-order valence-electron chi connectivity index (χ4n) is 3.12. The lowest BCUT2D eigenvalue weighted by atomic mass is 9.84. The van der Waals surface area contributed by atoms with Crippen LogP contribution in [-0.2, 0) is 10.0 Å². The van der Waals surface area contributed by atoms with Crippen LogP contribution in [0.4, 0.5) is 5.69 Å². The number of hydrogen-bond donors (Lipinski definition) is 2. The van der Waals surface area contributed by atoms with Crippen LogP contribution in [0.2, 0.25) is 0 Å². The number of nitrogen functional groups attached to an aromatic ring is 1. The highest BCUT2D eigenvalue weighted by atomic mass is 35.5. The first-order valence-electron chi connectivity index (χ1n) is 7.22. The minimum absolute atomic E-state index is 0. The molecule has 0 atom stereocenters. The Morgan fingerprint density at radius 1 is 1.08 bits per heavy atom. The standard InChI is InChI=1S/C17H13N3O3S.ClH/c1-19-16-13(9-5-7-10(18)8-6-9)15-14-11(17(16)21)3-2-4-12(14)24(22,23)20-15;/h2-8,20H,18H2,1H3;1H. The number of hydrogen-bond acceptors (Lipinski definition) is 5. The zero-order chi connectivity index (χ0) is 17.1. The molecule has 0 radical (unpaired) electrons. The number of halogens is 1. The molecule has 2 aromatic carbocycles. The van der Waals surface area contributed by atoms with E-state index in [2.05, 4.69) is 9.71 Å². The third-order valence-electron chi connectivity index (χ3n) is 4.17. The zero-order valence-corrected chi connectivity index (χ0v) is 14.7. The number of sulfonamides is 1. The van der Waals surface area contributed by atoms with E-state index >= 15 is 0 Å². The summed E-state index contributed by atoms with van der Waals surface area (Å²) < 4.78 is 27.4. The van der Waals surface area contributed by atoms with E-state index in [1.165, 1.54) is 13.1 Å². The second kappa shape index (κ2) is 5.72. The van der Waals surface area contributed by atoms with Crippen LogP contribution < -0.4 is 10.5 Å². The van der Waals surface area contributed by atoms with Gasteiger partial charge in [-0.1, -0.05) is 24.3 Å². The predicted octanol–water partition coefficient (Wildman–Crippen LogP) is 2.12. The van der Waals surface area contributed by atoms with Crippen molar-refractivity contribution in [2.75, 3.05) is 12.8 Å². The minimum Gasteiger partial charge on any atom is -0.399 e. The number of Topliss-reactive ketones (excluding diaryl/α,β-unsaturated/α-hetero) is 1. The van der Waals surface area contributed by atoms with Crippen LogP contribution in [0.15, 0.2) is 52.4 Å². The van der Waals surface area contributed by atoms with Gasteiger partial charge in [-0.15, -0.1) is 12.4 Å². The van der Waals surface area contributed by atoms with Crippen molar-refractivity contribution in [2.45, 2.75) is 4.90 Å². The summed E-state index contributed by atoms with van der Waals surface area (Å²) in [5.74, 6) is -0.288. The molecule has 1 heterocycles. The lowest BCUT2D eigenvalue weighted by Gasteiger charge is -2.20. The number of nitrogens with one attached hydrogen (secondary N) is 1.